The van der Waals surface area contributed by atoms with E-state index in [2.05, 4.69) is 10.6 Å². The Morgan fingerprint density at radius 1 is 1.09 bits per heavy atom. The van der Waals surface area contributed by atoms with Crippen molar-refractivity contribution in [3.05, 3.63) is 52.5 Å². The lowest BCUT2D eigenvalue weighted by Gasteiger charge is -2.28. The lowest BCUT2D eigenvalue weighted by atomic mass is 10.1. The van der Waals surface area contributed by atoms with Gasteiger partial charge in [-0.05, 0) is 29.8 Å². The molecule has 0 saturated heterocycles. The zero-order chi connectivity index (χ0) is 15.7. The number of methoxy groups -OCH3 is 2. The first kappa shape index (κ1) is 14.5. The molecule has 0 radical (unpaired) electrons. The molecule has 1 atom stereocenters. The summed E-state index contributed by atoms with van der Waals surface area (Å²) in [7, 11) is 3.07. The van der Waals surface area contributed by atoms with Crippen LogP contribution in [-0.2, 0) is 0 Å². The third-order valence-electron chi connectivity index (χ3n) is 3.54. The van der Waals surface area contributed by atoms with Crippen molar-refractivity contribution in [3.8, 4) is 11.5 Å². The highest BCUT2D eigenvalue weighted by molar-refractivity contribution is 6.32. The average Bonchev–Trinajstić information content (AvgIpc) is 2.54. The molecule has 0 spiro atoms. The van der Waals surface area contributed by atoms with E-state index in [0.717, 1.165) is 11.3 Å². The van der Waals surface area contributed by atoms with Crippen LogP contribution in [-0.4, -0.2) is 20.1 Å². The summed E-state index contributed by atoms with van der Waals surface area (Å²) in [5, 5.41) is 6.60. The van der Waals surface area contributed by atoms with E-state index in [4.69, 9.17) is 21.1 Å². The molecule has 6 heteroatoms. The molecule has 0 saturated carbocycles. The van der Waals surface area contributed by atoms with E-state index in [1.165, 1.54) is 7.11 Å². The maximum absolute atomic E-state index is 12.2. The maximum atomic E-state index is 12.2. The van der Waals surface area contributed by atoms with Crippen LogP contribution in [0.15, 0.2) is 36.4 Å². The van der Waals surface area contributed by atoms with Crippen molar-refractivity contribution in [2.75, 3.05) is 19.5 Å². The minimum absolute atomic E-state index is 0.134. The Balaban J connectivity index is 1.99. The van der Waals surface area contributed by atoms with Crippen LogP contribution in [0.25, 0.3) is 0 Å². The molecule has 0 aliphatic carbocycles. The molecule has 1 amide bonds. The molecule has 1 aliphatic heterocycles. The molecular formula is C16H15ClN2O3. The first-order valence-corrected chi connectivity index (χ1v) is 7.09. The van der Waals surface area contributed by atoms with Crippen LogP contribution in [0.2, 0.25) is 5.02 Å². The van der Waals surface area contributed by atoms with Crippen LogP contribution in [0.1, 0.15) is 22.1 Å². The van der Waals surface area contributed by atoms with E-state index in [9.17, 15) is 4.79 Å². The number of carbonyl (C=O) groups is 1. The maximum Gasteiger partial charge on any atom is 0.255 e. The fourth-order valence-corrected chi connectivity index (χ4v) is 2.77. The van der Waals surface area contributed by atoms with Gasteiger partial charge < -0.3 is 20.1 Å². The van der Waals surface area contributed by atoms with Crippen molar-refractivity contribution < 1.29 is 14.3 Å². The number of amides is 1. The Bertz CT molecular complexity index is 733. The van der Waals surface area contributed by atoms with Crippen molar-refractivity contribution in [1.29, 1.82) is 0 Å². The minimum atomic E-state index is -0.389. The monoisotopic (exact) mass is 318 g/mol. The molecule has 0 aromatic heterocycles. The van der Waals surface area contributed by atoms with E-state index in [1.54, 1.807) is 25.3 Å². The summed E-state index contributed by atoms with van der Waals surface area (Å²) in [5.74, 6) is 0.848. The third kappa shape index (κ3) is 2.44. The summed E-state index contributed by atoms with van der Waals surface area (Å²) < 4.78 is 10.5. The summed E-state index contributed by atoms with van der Waals surface area (Å²) in [6.45, 7) is 0. The summed E-state index contributed by atoms with van der Waals surface area (Å²) in [6.07, 6.45) is -0.389. The molecule has 5 nitrogen and oxygen atoms in total. The molecular weight excluding hydrogens is 304 g/mol. The van der Waals surface area contributed by atoms with Gasteiger partial charge >= 0.3 is 0 Å². The lowest BCUT2D eigenvalue weighted by Crippen LogP contribution is -2.38. The quantitative estimate of drug-likeness (QED) is 0.912. The standard InChI is InChI=1S/C16H15ClN2O3/c1-21-13-8-9(7-11(17)14(13)22-2)15-18-12-6-4-3-5-10(12)16(20)19-15/h3-8,15,18H,1-2H3,(H,19,20)/t15-/m0/s1. The number of halogens is 1. The zero-order valence-corrected chi connectivity index (χ0v) is 12.9. The first-order valence-electron chi connectivity index (χ1n) is 6.72. The van der Waals surface area contributed by atoms with E-state index >= 15 is 0 Å². The van der Waals surface area contributed by atoms with Gasteiger partial charge in [-0.25, -0.2) is 0 Å². The van der Waals surface area contributed by atoms with Crippen molar-refractivity contribution >= 4 is 23.2 Å². The molecule has 2 aromatic rings. The minimum Gasteiger partial charge on any atom is -0.493 e. The van der Waals surface area contributed by atoms with Gasteiger partial charge in [0.1, 0.15) is 6.17 Å². The van der Waals surface area contributed by atoms with Gasteiger partial charge in [0.05, 0.1) is 24.8 Å². The summed E-state index contributed by atoms with van der Waals surface area (Å²) in [5.41, 5.74) is 2.18. The topological polar surface area (TPSA) is 59.6 Å². The van der Waals surface area contributed by atoms with Gasteiger partial charge in [-0.2, -0.15) is 0 Å². The highest BCUT2D eigenvalue weighted by Crippen LogP contribution is 2.38. The highest BCUT2D eigenvalue weighted by Gasteiger charge is 2.25. The SMILES string of the molecule is COc1cc([C@@H]2NC(=O)c3ccccc3N2)cc(Cl)c1OC. The number of nitrogens with one attached hydrogen (secondary N) is 2. The van der Waals surface area contributed by atoms with Crippen LogP contribution in [0.3, 0.4) is 0 Å². The Morgan fingerprint density at radius 2 is 1.86 bits per heavy atom. The molecule has 0 fully saturated rings. The molecule has 1 aliphatic rings. The predicted molar refractivity (Wildman–Crippen MR) is 84.8 cm³/mol. The largest absolute Gasteiger partial charge is 0.493 e. The number of hydrogen-bond acceptors (Lipinski definition) is 4. The van der Waals surface area contributed by atoms with Crippen LogP contribution in [0.5, 0.6) is 11.5 Å². The number of rotatable bonds is 3. The molecule has 2 aromatic carbocycles. The Hall–Kier alpha value is -2.40. The van der Waals surface area contributed by atoms with Gasteiger partial charge in [0.15, 0.2) is 11.5 Å². The fourth-order valence-electron chi connectivity index (χ4n) is 2.48. The summed E-state index contributed by atoms with van der Waals surface area (Å²) in [4.78, 5) is 12.2. The highest BCUT2D eigenvalue weighted by atomic mass is 35.5. The molecule has 0 bridgehead atoms. The second kappa shape index (κ2) is 5.77. The smallest absolute Gasteiger partial charge is 0.255 e. The van der Waals surface area contributed by atoms with Gasteiger partial charge in [-0.15, -0.1) is 0 Å². The molecule has 1 heterocycles. The van der Waals surface area contributed by atoms with Crippen molar-refractivity contribution in [3.63, 3.8) is 0 Å². The second-order valence-electron chi connectivity index (χ2n) is 4.83. The number of benzene rings is 2. The molecule has 22 heavy (non-hydrogen) atoms. The third-order valence-corrected chi connectivity index (χ3v) is 3.82. The molecule has 114 valence electrons. The number of hydrogen-bond donors (Lipinski definition) is 2. The van der Waals surface area contributed by atoms with Crippen molar-refractivity contribution in [2.45, 2.75) is 6.17 Å². The average molecular weight is 319 g/mol. The van der Waals surface area contributed by atoms with Crippen LogP contribution < -0.4 is 20.1 Å². The lowest BCUT2D eigenvalue weighted by molar-refractivity contribution is 0.0935. The summed E-state index contributed by atoms with van der Waals surface area (Å²) >= 11 is 6.22. The number of para-hydroxylation sites is 1. The zero-order valence-electron chi connectivity index (χ0n) is 12.1. The van der Waals surface area contributed by atoms with Gasteiger partial charge in [0.25, 0.3) is 5.91 Å². The van der Waals surface area contributed by atoms with E-state index in [1.807, 2.05) is 18.2 Å². The number of ether oxygens (including phenoxy) is 2. The van der Waals surface area contributed by atoms with E-state index in [-0.39, 0.29) is 12.1 Å². The van der Waals surface area contributed by atoms with E-state index < -0.39 is 0 Å². The van der Waals surface area contributed by atoms with Gasteiger partial charge in [0.2, 0.25) is 0 Å². The Kier molecular flexibility index (Phi) is 3.81. The summed E-state index contributed by atoms with van der Waals surface area (Å²) in [6, 6.07) is 10.9. The molecule has 0 unspecified atom stereocenters. The second-order valence-corrected chi connectivity index (χ2v) is 5.24. The van der Waals surface area contributed by atoms with Gasteiger partial charge in [-0.1, -0.05) is 23.7 Å². The number of anilines is 1. The fraction of sp³-hybridized carbons (Fsp3) is 0.188. The van der Waals surface area contributed by atoms with E-state index in [0.29, 0.717) is 22.1 Å². The van der Waals surface area contributed by atoms with Crippen LogP contribution >= 0.6 is 11.6 Å². The van der Waals surface area contributed by atoms with Crippen molar-refractivity contribution in [2.24, 2.45) is 0 Å². The first-order chi connectivity index (χ1) is 10.6. The number of fused-ring (bicyclic) bond motifs is 1. The molecule has 2 N–H and O–H groups in total. The van der Waals surface area contributed by atoms with Crippen molar-refractivity contribution in [1.82, 2.24) is 5.32 Å². The van der Waals surface area contributed by atoms with Crippen LogP contribution in [0.4, 0.5) is 5.69 Å². The normalized spacial score (nSPS) is 16.3. The predicted octanol–water partition coefficient (Wildman–Crippen LogP) is 3.21. The van der Waals surface area contributed by atoms with Crippen LogP contribution in [0, 0.1) is 0 Å². The van der Waals surface area contributed by atoms with Gasteiger partial charge in [-0.3, -0.25) is 4.79 Å². The molecule has 3 rings (SSSR count). The number of carbonyl (C=O) groups excluding carboxylic acids is 1. The Labute approximate surface area is 133 Å². The van der Waals surface area contributed by atoms with Gasteiger partial charge in [0, 0.05) is 5.69 Å². The Morgan fingerprint density at radius 3 is 2.59 bits per heavy atom.